The summed E-state index contributed by atoms with van der Waals surface area (Å²) in [5.41, 5.74) is 1.80. The van der Waals surface area contributed by atoms with Gasteiger partial charge < -0.3 is 5.32 Å². The quantitative estimate of drug-likeness (QED) is 0.738. The van der Waals surface area contributed by atoms with Gasteiger partial charge in [-0.25, -0.2) is 8.42 Å². The number of aryl methyl sites for hydroxylation is 1. The van der Waals surface area contributed by atoms with Gasteiger partial charge in [-0.3, -0.25) is 4.79 Å². The number of benzene rings is 2. The molecule has 1 amide bonds. The van der Waals surface area contributed by atoms with Crippen molar-refractivity contribution in [3.8, 4) is 0 Å². The van der Waals surface area contributed by atoms with Gasteiger partial charge in [-0.1, -0.05) is 33.6 Å². The maximum atomic E-state index is 12.8. The lowest BCUT2D eigenvalue weighted by molar-refractivity contribution is 0.102. The summed E-state index contributed by atoms with van der Waals surface area (Å²) in [5, 5.41) is 2.93. The molecule has 8 heteroatoms. The van der Waals surface area contributed by atoms with Crippen molar-refractivity contribution in [3.63, 3.8) is 0 Å². The molecule has 0 saturated carbocycles. The molecule has 0 aliphatic carbocycles. The number of nitrogens with zero attached hydrogens (tertiary/aromatic N) is 1. The summed E-state index contributed by atoms with van der Waals surface area (Å²) in [6.07, 6.45) is 1.67. The number of carbonyl (C=O) groups excluding carboxylic acids is 1. The topological polar surface area (TPSA) is 66.5 Å². The van der Waals surface area contributed by atoms with Gasteiger partial charge in [0.1, 0.15) is 4.90 Å². The maximum absolute atomic E-state index is 12.8. The van der Waals surface area contributed by atoms with E-state index < -0.39 is 10.0 Å². The molecule has 2 aromatic carbocycles. The molecule has 5 nitrogen and oxygen atoms in total. The molecular weight excluding hydrogens is 440 g/mol. The highest BCUT2D eigenvalue weighted by atomic mass is 79.9. The summed E-state index contributed by atoms with van der Waals surface area (Å²) >= 11 is 9.50. The van der Waals surface area contributed by atoms with Crippen LogP contribution in [0.2, 0.25) is 5.02 Å². The van der Waals surface area contributed by atoms with E-state index in [1.54, 1.807) is 6.07 Å². The summed E-state index contributed by atoms with van der Waals surface area (Å²) in [6, 6.07) is 9.88. The van der Waals surface area contributed by atoms with Gasteiger partial charge in [0.2, 0.25) is 10.0 Å². The molecule has 3 rings (SSSR count). The van der Waals surface area contributed by atoms with E-state index in [0.29, 0.717) is 18.8 Å². The van der Waals surface area contributed by atoms with E-state index in [1.807, 2.05) is 19.1 Å². The molecule has 1 heterocycles. The molecule has 1 aliphatic rings. The molecule has 0 radical (unpaired) electrons. The van der Waals surface area contributed by atoms with Crippen molar-refractivity contribution in [2.45, 2.75) is 24.7 Å². The Morgan fingerprint density at radius 1 is 1.15 bits per heavy atom. The van der Waals surface area contributed by atoms with Crippen molar-refractivity contribution >= 4 is 49.1 Å². The Bertz CT molecular complexity index is 957. The van der Waals surface area contributed by atoms with Gasteiger partial charge in [0.15, 0.2) is 0 Å². The van der Waals surface area contributed by atoms with E-state index in [1.165, 1.54) is 22.5 Å². The predicted molar refractivity (Wildman–Crippen MR) is 106 cm³/mol. The molecule has 138 valence electrons. The van der Waals surface area contributed by atoms with Crippen molar-refractivity contribution in [2.75, 3.05) is 18.4 Å². The first-order valence-electron chi connectivity index (χ1n) is 8.16. The average molecular weight is 458 g/mol. The Balaban J connectivity index is 1.92. The molecule has 0 aromatic heterocycles. The van der Waals surface area contributed by atoms with E-state index in [4.69, 9.17) is 11.6 Å². The lowest BCUT2D eigenvalue weighted by Gasteiger charge is -2.17. The van der Waals surface area contributed by atoms with Crippen molar-refractivity contribution in [1.82, 2.24) is 4.31 Å². The second-order valence-electron chi connectivity index (χ2n) is 6.17. The van der Waals surface area contributed by atoms with Crippen LogP contribution in [0.4, 0.5) is 5.69 Å². The highest BCUT2D eigenvalue weighted by Gasteiger charge is 2.29. The summed E-state index contributed by atoms with van der Waals surface area (Å²) in [5.74, 6) is -0.388. The molecule has 1 fully saturated rings. The average Bonchev–Trinajstić information content (AvgIpc) is 3.13. The summed E-state index contributed by atoms with van der Waals surface area (Å²) in [7, 11) is -3.70. The largest absolute Gasteiger partial charge is 0.322 e. The number of carbonyl (C=O) groups is 1. The summed E-state index contributed by atoms with van der Waals surface area (Å²) in [6.45, 7) is 2.84. The third-order valence-electron chi connectivity index (χ3n) is 4.32. The van der Waals surface area contributed by atoms with Gasteiger partial charge in [-0.2, -0.15) is 4.31 Å². The highest BCUT2D eigenvalue weighted by Crippen LogP contribution is 2.29. The first-order chi connectivity index (χ1) is 12.3. The van der Waals surface area contributed by atoms with E-state index in [-0.39, 0.29) is 21.4 Å². The van der Waals surface area contributed by atoms with Crippen LogP contribution >= 0.6 is 27.5 Å². The van der Waals surface area contributed by atoms with E-state index >= 15 is 0 Å². The van der Waals surface area contributed by atoms with Crippen LogP contribution in [-0.2, 0) is 10.0 Å². The zero-order chi connectivity index (χ0) is 18.9. The standard InChI is InChI=1S/C18H18BrClN2O3S/c1-12-4-6-14(19)11-16(12)21-18(23)13-5-7-15(20)17(10-13)26(24,25)22-8-2-3-9-22/h4-7,10-11H,2-3,8-9H2,1H3,(H,21,23). The number of rotatable bonds is 4. The smallest absolute Gasteiger partial charge is 0.255 e. The summed E-state index contributed by atoms with van der Waals surface area (Å²) < 4.78 is 27.8. The van der Waals surface area contributed by atoms with Gasteiger partial charge in [0, 0.05) is 28.8 Å². The fraction of sp³-hybridized carbons (Fsp3) is 0.278. The maximum Gasteiger partial charge on any atom is 0.255 e. The van der Waals surface area contributed by atoms with Crippen molar-refractivity contribution < 1.29 is 13.2 Å². The SMILES string of the molecule is Cc1ccc(Br)cc1NC(=O)c1ccc(Cl)c(S(=O)(=O)N2CCCC2)c1. The highest BCUT2D eigenvalue weighted by molar-refractivity contribution is 9.10. The molecule has 2 aromatic rings. The number of hydrogen-bond acceptors (Lipinski definition) is 3. The zero-order valence-electron chi connectivity index (χ0n) is 14.1. The first-order valence-corrected chi connectivity index (χ1v) is 10.8. The van der Waals surface area contributed by atoms with Crippen molar-refractivity contribution in [1.29, 1.82) is 0 Å². The number of nitrogens with one attached hydrogen (secondary N) is 1. The van der Waals surface area contributed by atoms with E-state index in [9.17, 15) is 13.2 Å². The van der Waals surface area contributed by atoms with Crippen LogP contribution in [0.3, 0.4) is 0 Å². The minimum Gasteiger partial charge on any atom is -0.322 e. The zero-order valence-corrected chi connectivity index (χ0v) is 17.3. The van der Waals surface area contributed by atoms with Crippen LogP contribution in [0.1, 0.15) is 28.8 Å². The Hall–Kier alpha value is -1.41. The molecular formula is C18H18BrClN2O3S. The fourth-order valence-corrected chi connectivity index (χ4v) is 5.21. The Kier molecular flexibility index (Phi) is 5.72. The molecule has 0 atom stereocenters. The van der Waals surface area contributed by atoms with E-state index in [0.717, 1.165) is 22.9 Å². The monoisotopic (exact) mass is 456 g/mol. The van der Waals surface area contributed by atoms with Gasteiger partial charge in [-0.15, -0.1) is 0 Å². The van der Waals surface area contributed by atoms with Crippen LogP contribution in [0, 0.1) is 6.92 Å². The number of amides is 1. The Labute approximate surface area is 166 Å². The molecule has 0 bridgehead atoms. The Morgan fingerprint density at radius 3 is 2.54 bits per heavy atom. The van der Waals surface area contributed by atoms with Gasteiger partial charge in [0.05, 0.1) is 5.02 Å². The van der Waals surface area contributed by atoms with Crippen molar-refractivity contribution in [2.24, 2.45) is 0 Å². The van der Waals surface area contributed by atoms with Gasteiger partial charge >= 0.3 is 0 Å². The molecule has 1 aliphatic heterocycles. The minimum absolute atomic E-state index is 0.0281. The van der Waals surface area contributed by atoms with Crippen LogP contribution in [0.5, 0.6) is 0 Å². The van der Waals surface area contributed by atoms with Gasteiger partial charge in [0.25, 0.3) is 5.91 Å². The molecule has 1 saturated heterocycles. The molecule has 0 spiro atoms. The predicted octanol–water partition coefficient (Wildman–Crippen LogP) is 4.45. The third-order valence-corrected chi connectivity index (χ3v) is 7.20. The van der Waals surface area contributed by atoms with Crippen LogP contribution < -0.4 is 5.32 Å². The second kappa shape index (κ2) is 7.68. The molecule has 26 heavy (non-hydrogen) atoms. The normalized spacial score (nSPS) is 15.2. The van der Waals surface area contributed by atoms with E-state index in [2.05, 4.69) is 21.2 Å². The van der Waals surface area contributed by atoms with Crippen LogP contribution in [0.15, 0.2) is 45.8 Å². The number of sulfonamides is 1. The Morgan fingerprint density at radius 2 is 1.85 bits per heavy atom. The van der Waals surface area contributed by atoms with Crippen LogP contribution in [-0.4, -0.2) is 31.7 Å². The first kappa shape index (κ1) is 19.4. The lowest BCUT2D eigenvalue weighted by Crippen LogP contribution is -2.28. The molecule has 1 N–H and O–H groups in total. The lowest BCUT2D eigenvalue weighted by atomic mass is 10.1. The number of anilines is 1. The fourth-order valence-electron chi connectivity index (χ4n) is 2.83. The number of halogens is 2. The third kappa shape index (κ3) is 3.96. The number of hydrogen-bond donors (Lipinski definition) is 1. The summed E-state index contributed by atoms with van der Waals surface area (Å²) in [4.78, 5) is 12.6. The van der Waals surface area contributed by atoms with Crippen molar-refractivity contribution in [3.05, 3.63) is 57.0 Å². The second-order valence-corrected chi connectivity index (χ2v) is 9.40. The minimum atomic E-state index is -3.70. The molecule has 0 unspecified atom stereocenters. The van der Waals surface area contributed by atoms with Gasteiger partial charge in [-0.05, 0) is 55.7 Å². The van der Waals surface area contributed by atoms with Crippen LogP contribution in [0.25, 0.3) is 0 Å².